The fourth-order valence-electron chi connectivity index (χ4n) is 2.99. The molecular formula is C23H23ClN2O5. The highest BCUT2D eigenvalue weighted by Crippen LogP contribution is 2.31. The van der Waals surface area contributed by atoms with E-state index in [1.54, 1.807) is 30.3 Å². The Balaban J connectivity index is 1.97. The second-order valence-electron chi connectivity index (χ2n) is 6.88. The maximum absolute atomic E-state index is 13.0. The van der Waals surface area contributed by atoms with E-state index in [1.165, 1.54) is 12.1 Å². The lowest BCUT2D eigenvalue weighted by atomic mass is 10.1. The predicted molar refractivity (Wildman–Crippen MR) is 119 cm³/mol. The van der Waals surface area contributed by atoms with Crippen LogP contribution < -0.4 is 19.7 Å². The number of amides is 4. The van der Waals surface area contributed by atoms with Gasteiger partial charge in [0.05, 0.1) is 18.9 Å². The lowest BCUT2D eigenvalue weighted by Gasteiger charge is -2.26. The number of hydrogen-bond acceptors (Lipinski definition) is 5. The molecule has 2 aromatic carbocycles. The first kappa shape index (κ1) is 22.4. The first-order chi connectivity index (χ1) is 14.8. The van der Waals surface area contributed by atoms with Crippen LogP contribution in [0.25, 0.3) is 6.08 Å². The van der Waals surface area contributed by atoms with Gasteiger partial charge in [0, 0.05) is 5.02 Å². The molecule has 4 amide bonds. The molecule has 1 fully saturated rings. The molecule has 162 valence electrons. The minimum Gasteiger partial charge on any atom is -0.490 e. The Bertz CT molecular complexity index is 1060. The maximum Gasteiger partial charge on any atom is 0.335 e. The number of nitrogens with one attached hydrogen (secondary N) is 1. The molecule has 2 aromatic rings. The maximum atomic E-state index is 13.0. The number of nitrogens with zero attached hydrogens (tertiary/aromatic N) is 1. The van der Waals surface area contributed by atoms with Crippen LogP contribution in [-0.4, -0.2) is 31.1 Å². The molecule has 1 aliphatic heterocycles. The smallest absolute Gasteiger partial charge is 0.335 e. The number of barbiturate groups is 1. The molecule has 0 saturated carbocycles. The Kier molecular flexibility index (Phi) is 6.97. The molecule has 0 atom stereocenters. The summed E-state index contributed by atoms with van der Waals surface area (Å²) >= 11 is 6.14. The van der Waals surface area contributed by atoms with Crippen molar-refractivity contribution in [1.29, 1.82) is 0 Å². The highest BCUT2D eigenvalue weighted by Gasteiger charge is 2.37. The van der Waals surface area contributed by atoms with Gasteiger partial charge in [-0.2, -0.15) is 0 Å². The van der Waals surface area contributed by atoms with Gasteiger partial charge in [-0.25, -0.2) is 9.69 Å². The lowest BCUT2D eigenvalue weighted by molar-refractivity contribution is -0.122. The summed E-state index contributed by atoms with van der Waals surface area (Å²) in [6, 6.07) is 9.09. The van der Waals surface area contributed by atoms with E-state index in [4.69, 9.17) is 21.1 Å². The van der Waals surface area contributed by atoms with Crippen LogP contribution in [0.5, 0.6) is 11.5 Å². The van der Waals surface area contributed by atoms with Gasteiger partial charge in [0.15, 0.2) is 11.5 Å². The molecule has 0 spiro atoms. The SMILES string of the molecule is CCCOc1ccc(/C=C2\C(=O)NC(=O)N(c3ccc(C)c(Cl)c3)C2=O)cc1OCC. The first-order valence-electron chi connectivity index (χ1n) is 9.93. The zero-order valence-corrected chi connectivity index (χ0v) is 18.3. The average Bonchev–Trinajstić information content (AvgIpc) is 2.73. The zero-order chi connectivity index (χ0) is 22.5. The summed E-state index contributed by atoms with van der Waals surface area (Å²) < 4.78 is 11.3. The molecule has 8 heteroatoms. The summed E-state index contributed by atoms with van der Waals surface area (Å²) in [5.74, 6) is -0.421. The Morgan fingerprint density at radius 3 is 2.48 bits per heavy atom. The number of hydrogen-bond donors (Lipinski definition) is 1. The summed E-state index contributed by atoms with van der Waals surface area (Å²) in [7, 11) is 0. The van der Waals surface area contributed by atoms with E-state index in [2.05, 4.69) is 5.32 Å². The minimum absolute atomic E-state index is 0.180. The van der Waals surface area contributed by atoms with Crippen LogP contribution in [-0.2, 0) is 9.59 Å². The molecule has 1 heterocycles. The van der Waals surface area contributed by atoms with Crippen molar-refractivity contribution >= 4 is 41.2 Å². The van der Waals surface area contributed by atoms with Crippen LogP contribution in [0.2, 0.25) is 5.02 Å². The first-order valence-corrected chi connectivity index (χ1v) is 10.3. The van der Waals surface area contributed by atoms with Crippen molar-refractivity contribution in [2.45, 2.75) is 27.2 Å². The monoisotopic (exact) mass is 442 g/mol. The third kappa shape index (κ3) is 4.88. The van der Waals surface area contributed by atoms with Crippen molar-refractivity contribution in [2.24, 2.45) is 0 Å². The van der Waals surface area contributed by atoms with Gasteiger partial charge in [-0.15, -0.1) is 0 Å². The molecule has 3 rings (SSSR count). The highest BCUT2D eigenvalue weighted by atomic mass is 35.5. The number of carbonyl (C=O) groups excluding carboxylic acids is 3. The highest BCUT2D eigenvalue weighted by molar-refractivity contribution is 6.39. The van der Waals surface area contributed by atoms with Gasteiger partial charge in [0.1, 0.15) is 5.57 Å². The fraction of sp³-hybridized carbons (Fsp3) is 0.261. The number of anilines is 1. The number of rotatable bonds is 7. The lowest BCUT2D eigenvalue weighted by Crippen LogP contribution is -2.54. The summed E-state index contributed by atoms with van der Waals surface area (Å²) in [5, 5.41) is 2.61. The van der Waals surface area contributed by atoms with Crippen molar-refractivity contribution in [3.05, 3.63) is 58.1 Å². The second-order valence-corrected chi connectivity index (χ2v) is 7.29. The Morgan fingerprint density at radius 1 is 1.03 bits per heavy atom. The summed E-state index contributed by atoms with van der Waals surface area (Å²) in [5.41, 5.74) is 1.45. The third-order valence-corrected chi connectivity index (χ3v) is 4.96. The van der Waals surface area contributed by atoms with Gasteiger partial charge >= 0.3 is 6.03 Å². The molecule has 0 aromatic heterocycles. The van der Waals surface area contributed by atoms with E-state index in [9.17, 15) is 14.4 Å². The Hall–Kier alpha value is -3.32. The van der Waals surface area contributed by atoms with E-state index in [0.717, 1.165) is 16.9 Å². The van der Waals surface area contributed by atoms with E-state index >= 15 is 0 Å². The van der Waals surface area contributed by atoms with Gasteiger partial charge in [0.25, 0.3) is 11.8 Å². The number of imide groups is 2. The fourth-order valence-corrected chi connectivity index (χ4v) is 3.17. The molecule has 1 aliphatic rings. The van der Waals surface area contributed by atoms with E-state index in [1.807, 2.05) is 20.8 Å². The second kappa shape index (κ2) is 9.66. The molecular weight excluding hydrogens is 420 g/mol. The molecule has 1 N–H and O–H groups in total. The van der Waals surface area contributed by atoms with Crippen LogP contribution in [0.4, 0.5) is 10.5 Å². The zero-order valence-electron chi connectivity index (χ0n) is 17.5. The molecule has 0 unspecified atom stereocenters. The predicted octanol–water partition coefficient (Wildman–Crippen LogP) is 4.50. The van der Waals surface area contributed by atoms with Gasteiger partial charge in [-0.3, -0.25) is 14.9 Å². The van der Waals surface area contributed by atoms with E-state index in [0.29, 0.717) is 35.3 Å². The van der Waals surface area contributed by atoms with Crippen LogP contribution in [0.3, 0.4) is 0 Å². The third-order valence-electron chi connectivity index (χ3n) is 4.56. The molecule has 0 aliphatic carbocycles. The Morgan fingerprint density at radius 2 is 1.81 bits per heavy atom. The number of halogens is 1. The van der Waals surface area contributed by atoms with Crippen LogP contribution in [0.15, 0.2) is 42.0 Å². The Labute approximate surface area is 185 Å². The van der Waals surface area contributed by atoms with Crippen molar-refractivity contribution in [1.82, 2.24) is 5.32 Å². The largest absolute Gasteiger partial charge is 0.490 e. The van der Waals surface area contributed by atoms with E-state index < -0.39 is 17.8 Å². The molecule has 1 saturated heterocycles. The molecule has 31 heavy (non-hydrogen) atoms. The molecule has 7 nitrogen and oxygen atoms in total. The number of ether oxygens (including phenoxy) is 2. The average molecular weight is 443 g/mol. The van der Waals surface area contributed by atoms with Gasteiger partial charge in [0.2, 0.25) is 0 Å². The van der Waals surface area contributed by atoms with E-state index in [-0.39, 0.29) is 11.3 Å². The topological polar surface area (TPSA) is 84.9 Å². The normalized spacial score (nSPS) is 15.3. The molecule has 0 radical (unpaired) electrons. The van der Waals surface area contributed by atoms with Crippen LogP contribution in [0.1, 0.15) is 31.4 Å². The summed E-state index contributed by atoms with van der Waals surface area (Å²) in [6.45, 7) is 6.63. The standard InChI is InChI=1S/C23H23ClN2O5/c1-4-10-31-19-9-7-15(12-20(19)30-5-2)11-17-21(27)25-23(29)26(22(17)28)16-8-6-14(3)18(24)13-16/h6-9,11-13H,4-5,10H2,1-3H3,(H,25,27,29)/b17-11+. The van der Waals surface area contributed by atoms with Gasteiger partial charge in [-0.1, -0.05) is 30.7 Å². The quantitative estimate of drug-likeness (QED) is 0.504. The van der Waals surface area contributed by atoms with Crippen LogP contribution >= 0.6 is 11.6 Å². The summed E-state index contributed by atoms with van der Waals surface area (Å²) in [4.78, 5) is 38.7. The molecule has 0 bridgehead atoms. The van der Waals surface area contributed by atoms with Crippen LogP contribution in [0, 0.1) is 6.92 Å². The number of benzene rings is 2. The van der Waals surface area contributed by atoms with Crippen molar-refractivity contribution in [3.63, 3.8) is 0 Å². The van der Waals surface area contributed by atoms with Crippen molar-refractivity contribution in [3.8, 4) is 11.5 Å². The number of urea groups is 1. The number of aryl methyl sites for hydroxylation is 1. The van der Waals surface area contributed by atoms with Crippen molar-refractivity contribution in [2.75, 3.05) is 18.1 Å². The minimum atomic E-state index is -0.828. The number of carbonyl (C=O) groups is 3. The van der Waals surface area contributed by atoms with Gasteiger partial charge in [-0.05, 0) is 61.7 Å². The van der Waals surface area contributed by atoms with Gasteiger partial charge < -0.3 is 9.47 Å². The summed E-state index contributed by atoms with van der Waals surface area (Å²) in [6.07, 6.45) is 2.26. The van der Waals surface area contributed by atoms with Crippen molar-refractivity contribution < 1.29 is 23.9 Å².